The van der Waals surface area contributed by atoms with Gasteiger partial charge < -0.3 is 15.3 Å². The van der Waals surface area contributed by atoms with Crippen LogP contribution in [0.5, 0.6) is 0 Å². The van der Waals surface area contributed by atoms with Gasteiger partial charge in [-0.25, -0.2) is 4.98 Å². The van der Waals surface area contributed by atoms with E-state index < -0.39 is 11.9 Å². The Morgan fingerprint density at radius 1 is 1.24 bits per heavy atom. The number of aromatic nitrogens is 1. The maximum Gasteiger partial charge on any atom is 0.310 e. The predicted octanol–water partition coefficient (Wildman–Crippen LogP) is 3.60. The van der Waals surface area contributed by atoms with Gasteiger partial charge in [0, 0.05) is 31.5 Å². The van der Waals surface area contributed by atoms with Crippen LogP contribution in [-0.2, 0) is 4.79 Å². The molecule has 2 heterocycles. The molecule has 3 rings (SSSR count). The van der Waals surface area contributed by atoms with Crippen molar-refractivity contribution in [2.45, 2.75) is 25.7 Å². The number of piperidine rings is 1. The van der Waals surface area contributed by atoms with Crippen LogP contribution in [0.4, 0.5) is 11.5 Å². The molecule has 1 aromatic carbocycles. The lowest BCUT2D eigenvalue weighted by Crippen LogP contribution is -2.35. The van der Waals surface area contributed by atoms with Crippen molar-refractivity contribution in [2.75, 3.05) is 29.9 Å². The smallest absolute Gasteiger partial charge is 0.310 e. The van der Waals surface area contributed by atoms with Crippen molar-refractivity contribution in [3.8, 4) is 0 Å². The molecule has 1 unspecified atom stereocenters. The number of carboxylic acid groups (broad SMARTS) is 1. The fraction of sp³-hybridized carbons (Fsp3) is 0.400. The van der Waals surface area contributed by atoms with Crippen LogP contribution < -0.4 is 10.2 Å². The molecule has 5 nitrogen and oxygen atoms in total. The summed E-state index contributed by atoms with van der Waals surface area (Å²) < 4.78 is 0. The van der Waals surface area contributed by atoms with Crippen molar-refractivity contribution in [3.63, 3.8) is 0 Å². The lowest BCUT2D eigenvalue weighted by molar-refractivity contribution is -0.138. The van der Waals surface area contributed by atoms with E-state index in [1.807, 2.05) is 42.5 Å². The molecular formula is C20H25N3O2. The van der Waals surface area contributed by atoms with E-state index in [0.717, 1.165) is 43.9 Å². The van der Waals surface area contributed by atoms with Crippen LogP contribution in [0.3, 0.4) is 0 Å². The summed E-state index contributed by atoms with van der Waals surface area (Å²) in [6.07, 6.45) is 4.10. The van der Waals surface area contributed by atoms with E-state index in [9.17, 15) is 4.79 Å². The number of pyridine rings is 1. The SMILES string of the molecule is CC(C(=O)O)c1ccc(N2CCC(CNc3ccccn3)CC2)cc1. The van der Waals surface area contributed by atoms with Crippen molar-refractivity contribution in [1.29, 1.82) is 0 Å². The van der Waals surface area contributed by atoms with Crippen LogP contribution in [0.2, 0.25) is 0 Å². The van der Waals surface area contributed by atoms with Crippen molar-refractivity contribution >= 4 is 17.5 Å². The zero-order valence-corrected chi connectivity index (χ0v) is 14.6. The lowest BCUT2D eigenvalue weighted by Gasteiger charge is -2.34. The van der Waals surface area contributed by atoms with Gasteiger partial charge in [-0.3, -0.25) is 4.79 Å². The normalized spacial score (nSPS) is 16.4. The Bertz CT molecular complexity index is 680. The van der Waals surface area contributed by atoms with Crippen molar-refractivity contribution < 1.29 is 9.90 Å². The molecule has 1 atom stereocenters. The summed E-state index contributed by atoms with van der Waals surface area (Å²) in [4.78, 5) is 17.7. The number of aliphatic carboxylic acids is 1. The zero-order valence-electron chi connectivity index (χ0n) is 14.6. The monoisotopic (exact) mass is 339 g/mol. The molecule has 0 amide bonds. The molecule has 25 heavy (non-hydrogen) atoms. The van der Waals surface area contributed by atoms with Crippen LogP contribution in [0, 0.1) is 5.92 Å². The van der Waals surface area contributed by atoms with Crippen LogP contribution in [0.1, 0.15) is 31.2 Å². The molecule has 0 bridgehead atoms. The minimum Gasteiger partial charge on any atom is -0.481 e. The number of rotatable bonds is 6. The number of carbonyl (C=O) groups is 1. The van der Waals surface area contributed by atoms with E-state index in [2.05, 4.69) is 15.2 Å². The largest absolute Gasteiger partial charge is 0.481 e. The summed E-state index contributed by atoms with van der Waals surface area (Å²) in [6, 6.07) is 13.9. The Morgan fingerprint density at radius 2 is 1.96 bits per heavy atom. The molecule has 1 aromatic heterocycles. The maximum absolute atomic E-state index is 11.1. The molecule has 2 aromatic rings. The average molecular weight is 339 g/mol. The van der Waals surface area contributed by atoms with Crippen LogP contribution >= 0.6 is 0 Å². The fourth-order valence-corrected chi connectivity index (χ4v) is 3.23. The quantitative estimate of drug-likeness (QED) is 0.842. The molecule has 2 N–H and O–H groups in total. The molecule has 0 saturated carbocycles. The second kappa shape index (κ2) is 8.01. The van der Waals surface area contributed by atoms with Crippen molar-refractivity contribution in [1.82, 2.24) is 4.98 Å². The van der Waals surface area contributed by atoms with Crippen molar-refractivity contribution in [2.24, 2.45) is 5.92 Å². The first-order valence-electron chi connectivity index (χ1n) is 8.86. The molecule has 0 radical (unpaired) electrons. The molecule has 5 heteroatoms. The van der Waals surface area contributed by atoms with Gasteiger partial charge in [0.1, 0.15) is 5.82 Å². The van der Waals surface area contributed by atoms with Gasteiger partial charge in [-0.05, 0) is 55.5 Å². The minimum absolute atomic E-state index is 0.461. The molecule has 1 aliphatic heterocycles. The third-order valence-corrected chi connectivity index (χ3v) is 4.98. The lowest BCUT2D eigenvalue weighted by atomic mass is 9.95. The minimum atomic E-state index is -0.783. The molecule has 1 saturated heterocycles. The topological polar surface area (TPSA) is 65.5 Å². The molecule has 1 fully saturated rings. The van der Waals surface area contributed by atoms with Gasteiger partial charge in [-0.2, -0.15) is 0 Å². The number of hydrogen-bond acceptors (Lipinski definition) is 4. The van der Waals surface area contributed by atoms with Gasteiger partial charge in [0.25, 0.3) is 0 Å². The second-order valence-electron chi connectivity index (χ2n) is 6.68. The first-order valence-corrected chi connectivity index (χ1v) is 8.86. The van der Waals surface area contributed by atoms with Gasteiger partial charge >= 0.3 is 5.97 Å². The first kappa shape index (κ1) is 17.3. The Morgan fingerprint density at radius 3 is 2.56 bits per heavy atom. The number of carboxylic acids is 1. The van der Waals surface area contributed by atoms with Crippen LogP contribution in [-0.4, -0.2) is 35.7 Å². The number of benzene rings is 1. The highest BCUT2D eigenvalue weighted by molar-refractivity contribution is 5.75. The molecule has 0 spiro atoms. The number of nitrogens with one attached hydrogen (secondary N) is 1. The van der Waals surface area contributed by atoms with Gasteiger partial charge in [-0.15, -0.1) is 0 Å². The Kier molecular flexibility index (Phi) is 5.53. The summed E-state index contributed by atoms with van der Waals surface area (Å²) in [6.45, 7) is 4.74. The summed E-state index contributed by atoms with van der Waals surface area (Å²) in [5.74, 6) is 0.351. The maximum atomic E-state index is 11.1. The second-order valence-corrected chi connectivity index (χ2v) is 6.68. The third-order valence-electron chi connectivity index (χ3n) is 4.98. The number of anilines is 2. The van der Waals surface area contributed by atoms with Crippen LogP contribution in [0.25, 0.3) is 0 Å². The van der Waals surface area contributed by atoms with Gasteiger partial charge in [-0.1, -0.05) is 18.2 Å². The van der Waals surface area contributed by atoms with Crippen molar-refractivity contribution in [3.05, 3.63) is 54.2 Å². The van der Waals surface area contributed by atoms with E-state index in [-0.39, 0.29) is 0 Å². The highest BCUT2D eigenvalue weighted by atomic mass is 16.4. The average Bonchev–Trinajstić information content (AvgIpc) is 2.67. The molecule has 1 aliphatic rings. The Balaban J connectivity index is 1.49. The highest BCUT2D eigenvalue weighted by Crippen LogP contribution is 2.25. The summed E-state index contributed by atoms with van der Waals surface area (Å²) >= 11 is 0. The molecular weight excluding hydrogens is 314 g/mol. The summed E-state index contributed by atoms with van der Waals surface area (Å²) in [7, 11) is 0. The third kappa shape index (κ3) is 4.50. The standard InChI is InChI=1S/C20H25N3O2/c1-15(20(24)25)17-5-7-18(8-6-17)23-12-9-16(10-13-23)14-22-19-4-2-3-11-21-19/h2-8,11,15-16H,9-10,12-14H2,1H3,(H,21,22)(H,24,25). The number of nitrogens with zero attached hydrogens (tertiary/aromatic N) is 2. The van der Waals surface area contributed by atoms with E-state index in [0.29, 0.717) is 5.92 Å². The molecule has 0 aliphatic carbocycles. The van der Waals surface area contributed by atoms with Gasteiger partial charge in [0.2, 0.25) is 0 Å². The number of hydrogen-bond donors (Lipinski definition) is 2. The highest BCUT2D eigenvalue weighted by Gasteiger charge is 2.20. The zero-order chi connectivity index (χ0) is 17.6. The van der Waals surface area contributed by atoms with E-state index in [1.165, 1.54) is 5.69 Å². The van der Waals surface area contributed by atoms with Gasteiger partial charge in [0.05, 0.1) is 5.92 Å². The molecule has 132 valence electrons. The van der Waals surface area contributed by atoms with E-state index in [1.54, 1.807) is 13.1 Å². The first-order chi connectivity index (χ1) is 12.1. The van der Waals surface area contributed by atoms with Crippen LogP contribution in [0.15, 0.2) is 48.7 Å². The van der Waals surface area contributed by atoms with E-state index in [4.69, 9.17) is 5.11 Å². The Hall–Kier alpha value is -2.56. The fourth-order valence-electron chi connectivity index (χ4n) is 3.23. The van der Waals surface area contributed by atoms with Gasteiger partial charge in [0.15, 0.2) is 0 Å². The summed E-state index contributed by atoms with van der Waals surface area (Å²) in [5.41, 5.74) is 2.03. The summed E-state index contributed by atoms with van der Waals surface area (Å²) in [5, 5.41) is 12.5. The Labute approximate surface area is 148 Å². The predicted molar refractivity (Wildman–Crippen MR) is 100 cm³/mol. The van der Waals surface area contributed by atoms with E-state index >= 15 is 0 Å².